The van der Waals surface area contributed by atoms with E-state index in [1.807, 2.05) is 67.6 Å². The zero-order valence-electron chi connectivity index (χ0n) is 15.6. The zero-order valence-corrected chi connectivity index (χ0v) is 16.5. The Bertz CT molecular complexity index is 806. The van der Waals surface area contributed by atoms with E-state index in [0.717, 1.165) is 11.3 Å². The molecule has 3 rings (SSSR count). The van der Waals surface area contributed by atoms with Gasteiger partial charge in [0, 0.05) is 14.2 Å². The van der Waals surface area contributed by atoms with E-state index in [2.05, 4.69) is 0 Å². The number of rotatable bonds is 7. The van der Waals surface area contributed by atoms with E-state index in [0.29, 0.717) is 0 Å². The summed E-state index contributed by atoms with van der Waals surface area (Å²) in [6.45, 7) is 1.85. The van der Waals surface area contributed by atoms with Crippen molar-refractivity contribution in [3.63, 3.8) is 0 Å². The number of hydrogen-bond donors (Lipinski definition) is 0. The van der Waals surface area contributed by atoms with Gasteiger partial charge in [0.2, 0.25) is 0 Å². The Hall–Kier alpha value is -1.98. The zero-order chi connectivity index (χ0) is 19.4. The van der Waals surface area contributed by atoms with E-state index in [-0.39, 0.29) is 24.1 Å². The first-order valence-corrected chi connectivity index (χ1v) is 10.5. The smallest absolute Gasteiger partial charge is 0.312 e. The Morgan fingerprint density at radius 2 is 1.59 bits per heavy atom. The summed E-state index contributed by atoms with van der Waals surface area (Å²) in [5.74, 6) is -0.715. The molecule has 27 heavy (non-hydrogen) atoms. The van der Waals surface area contributed by atoms with Gasteiger partial charge in [-0.15, -0.1) is 0 Å². The summed E-state index contributed by atoms with van der Waals surface area (Å²) in [7, 11) is -0.872. The maximum atomic E-state index is 13.1. The van der Waals surface area contributed by atoms with E-state index >= 15 is 0 Å². The Labute approximate surface area is 159 Å². The number of nitrogens with zero attached hydrogens (tertiary/aromatic N) is 1. The topological polar surface area (TPSA) is 65.1 Å². The summed E-state index contributed by atoms with van der Waals surface area (Å²) in [6.07, 6.45) is -0.672. The second kappa shape index (κ2) is 8.36. The highest BCUT2D eigenvalue weighted by Crippen LogP contribution is 2.49. The van der Waals surface area contributed by atoms with Gasteiger partial charge in [0.1, 0.15) is 6.16 Å². The molecular weight excluding hydrogens is 365 g/mol. The third-order valence-corrected chi connectivity index (χ3v) is 6.62. The van der Waals surface area contributed by atoms with Crippen LogP contribution in [0.3, 0.4) is 0 Å². The molecule has 0 saturated carbocycles. The largest absolute Gasteiger partial charge is 0.337 e. The van der Waals surface area contributed by atoms with Gasteiger partial charge in [-0.1, -0.05) is 48.5 Å². The van der Waals surface area contributed by atoms with Crippen LogP contribution in [0.2, 0.25) is 0 Å². The summed E-state index contributed by atoms with van der Waals surface area (Å²) < 4.78 is 22.4. The molecule has 1 fully saturated rings. The van der Waals surface area contributed by atoms with Crippen LogP contribution in [0.15, 0.2) is 60.7 Å². The highest BCUT2D eigenvalue weighted by Gasteiger charge is 2.47. The van der Waals surface area contributed by atoms with Gasteiger partial charge in [0.25, 0.3) is 0 Å². The third kappa shape index (κ3) is 4.14. The van der Waals surface area contributed by atoms with Crippen molar-refractivity contribution in [2.75, 3.05) is 25.4 Å². The van der Waals surface area contributed by atoms with Crippen LogP contribution < -0.4 is 5.06 Å². The summed E-state index contributed by atoms with van der Waals surface area (Å²) in [6, 6.07) is 19.0. The molecule has 0 bridgehead atoms. The van der Waals surface area contributed by atoms with E-state index in [4.69, 9.17) is 13.9 Å². The van der Waals surface area contributed by atoms with Crippen molar-refractivity contribution in [1.29, 1.82) is 0 Å². The molecule has 0 unspecified atom stereocenters. The number of para-hydroxylation sites is 1. The van der Waals surface area contributed by atoms with Gasteiger partial charge in [-0.25, -0.2) is 5.06 Å². The number of carbonyl (C=O) groups is 1. The fraction of sp³-hybridized carbons (Fsp3) is 0.350. The van der Waals surface area contributed by atoms with Crippen molar-refractivity contribution in [1.82, 2.24) is 0 Å². The van der Waals surface area contributed by atoms with Gasteiger partial charge in [-0.05, 0) is 24.6 Å². The quantitative estimate of drug-likeness (QED) is 0.660. The van der Waals surface area contributed by atoms with Crippen molar-refractivity contribution in [3.05, 3.63) is 66.2 Å². The average Bonchev–Trinajstić information content (AvgIpc) is 3.06. The number of hydrogen-bond acceptors (Lipinski definition) is 6. The van der Waals surface area contributed by atoms with Gasteiger partial charge in [-0.2, -0.15) is 0 Å². The molecule has 1 saturated heterocycles. The van der Waals surface area contributed by atoms with E-state index in [1.165, 1.54) is 14.2 Å². The van der Waals surface area contributed by atoms with Crippen molar-refractivity contribution in [3.8, 4) is 0 Å². The number of carbonyl (C=O) groups excluding carboxylic acids is 1. The molecule has 3 atom stereocenters. The number of benzene rings is 2. The highest BCUT2D eigenvalue weighted by atomic mass is 31.2. The van der Waals surface area contributed by atoms with Crippen molar-refractivity contribution in [2.24, 2.45) is 5.92 Å². The molecule has 2 aromatic carbocycles. The van der Waals surface area contributed by atoms with Crippen LogP contribution in [0.4, 0.5) is 5.69 Å². The summed E-state index contributed by atoms with van der Waals surface area (Å²) in [4.78, 5) is 19.2. The predicted octanol–water partition coefficient (Wildman–Crippen LogP) is 4.24. The van der Waals surface area contributed by atoms with Crippen molar-refractivity contribution < 1.29 is 23.2 Å². The molecule has 1 aliphatic heterocycles. The van der Waals surface area contributed by atoms with Crippen LogP contribution in [0.5, 0.6) is 0 Å². The minimum Gasteiger partial charge on any atom is -0.312 e. The molecule has 0 N–H and O–H groups in total. The fourth-order valence-electron chi connectivity index (χ4n) is 3.44. The van der Waals surface area contributed by atoms with Crippen LogP contribution in [-0.2, 0) is 23.2 Å². The van der Waals surface area contributed by atoms with Crippen molar-refractivity contribution in [2.45, 2.75) is 19.1 Å². The van der Waals surface area contributed by atoms with Gasteiger partial charge >= 0.3 is 7.60 Å². The molecular formula is C20H24NO5P. The molecule has 7 heteroatoms. The Morgan fingerprint density at radius 1 is 1.04 bits per heavy atom. The molecule has 0 aromatic heterocycles. The molecule has 6 nitrogen and oxygen atoms in total. The maximum absolute atomic E-state index is 13.1. The van der Waals surface area contributed by atoms with E-state index in [9.17, 15) is 9.36 Å². The monoisotopic (exact) mass is 389 g/mol. The molecule has 1 heterocycles. The first-order valence-electron chi connectivity index (χ1n) is 8.78. The lowest BCUT2D eigenvalue weighted by Gasteiger charge is -2.27. The minimum absolute atomic E-state index is 0.207. The molecule has 0 radical (unpaired) electrons. The van der Waals surface area contributed by atoms with E-state index in [1.54, 1.807) is 5.06 Å². The SMILES string of the molecule is COP(=O)(CC(=O)[C@H]1[C@H](C)ON(c2ccccc2)[C@@H]1c1ccccc1)OC. The lowest BCUT2D eigenvalue weighted by molar-refractivity contribution is -0.122. The van der Waals surface area contributed by atoms with Gasteiger partial charge in [0.05, 0.1) is 23.8 Å². The fourth-order valence-corrected chi connectivity index (χ4v) is 4.44. The number of hydroxylamine groups is 1. The predicted molar refractivity (Wildman–Crippen MR) is 104 cm³/mol. The molecule has 144 valence electrons. The Morgan fingerprint density at radius 3 is 2.15 bits per heavy atom. The first kappa shape index (κ1) is 19.8. The lowest BCUT2D eigenvalue weighted by Crippen LogP contribution is -2.31. The number of Topliss-reactive ketones (excluding diaryl/α,β-unsaturated/α-hetero) is 1. The summed E-state index contributed by atoms with van der Waals surface area (Å²) >= 11 is 0. The number of ketones is 1. The maximum Gasteiger partial charge on any atom is 0.337 e. The molecule has 1 aliphatic rings. The molecule has 0 amide bonds. The summed E-state index contributed by atoms with van der Waals surface area (Å²) in [5.41, 5.74) is 1.81. The Balaban J connectivity index is 1.98. The van der Waals surface area contributed by atoms with E-state index < -0.39 is 13.5 Å². The molecule has 2 aromatic rings. The summed E-state index contributed by atoms with van der Waals surface area (Å²) in [5, 5.41) is 1.77. The number of anilines is 1. The van der Waals surface area contributed by atoms with Gasteiger partial charge in [-0.3, -0.25) is 14.2 Å². The highest BCUT2D eigenvalue weighted by molar-refractivity contribution is 7.54. The van der Waals surface area contributed by atoms with Crippen LogP contribution >= 0.6 is 7.60 Å². The lowest BCUT2D eigenvalue weighted by atomic mass is 9.87. The third-order valence-electron chi connectivity index (χ3n) is 4.81. The molecule has 0 aliphatic carbocycles. The van der Waals surface area contributed by atoms with Crippen LogP contribution in [-0.4, -0.2) is 32.3 Å². The minimum atomic E-state index is -3.45. The van der Waals surface area contributed by atoms with Crippen LogP contribution in [0, 0.1) is 5.92 Å². The standard InChI is InChI=1S/C20H24NO5P/c1-15-19(18(22)14-27(23,24-2)25-3)20(16-10-6-4-7-11-16)21(26-15)17-12-8-5-9-13-17/h4-13,15,19-20H,14H2,1-3H3/t15-,19+,20+/m0/s1. The second-order valence-electron chi connectivity index (χ2n) is 6.45. The molecule has 0 spiro atoms. The first-order chi connectivity index (χ1) is 13.0. The average molecular weight is 389 g/mol. The second-order valence-corrected chi connectivity index (χ2v) is 8.72. The van der Waals surface area contributed by atoms with Crippen LogP contribution in [0.25, 0.3) is 0 Å². The Kier molecular flexibility index (Phi) is 6.12. The van der Waals surface area contributed by atoms with Crippen molar-refractivity contribution >= 4 is 19.1 Å². The van der Waals surface area contributed by atoms with Gasteiger partial charge in [0.15, 0.2) is 5.78 Å². The normalized spacial score (nSPS) is 22.8. The van der Waals surface area contributed by atoms with Crippen LogP contribution in [0.1, 0.15) is 18.5 Å². The van der Waals surface area contributed by atoms with Gasteiger partial charge < -0.3 is 9.05 Å².